The lowest BCUT2D eigenvalue weighted by atomic mass is 10.0. The first-order chi connectivity index (χ1) is 18.8. The average Bonchev–Trinajstić information content (AvgIpc) is 3.26. The van der Waals surface area contributed by atoms with E-state index in [1.54, 1.807) is 19.1 Å². The van der Waals surface area contributed by atoms with Crippen LogP contribution in [0.5, 0.6) is 0 Å². The average molecular weight is 582 g/mol. The molecule has 1 unspecified atom stereocenters. The number of amides is 1. The second-order valence-electron chi connectivity index (χ2n) is 10.9. The third-order valence-corrected chi connectivity index (χ3v) is 10.1. The second kappa shape index (κ2) is 11.5. The molecule has 0 aliphatic carbocycles. The van der Waals surface area contributed by atoms with Crippen molar-refractivity contribution >= 4 is 40.7 Å². The number of nitrogens with zero attached hydrogens (tertiary/aromatic N) is 5. The fourth-order valence-electron chi connectivity index (χ4n) is 4.30. The number of anilines is 1. The fourth-order valence-corrected chi connectivity index (χ4v) is 6.32. The molecule has 0 saturated carbocycles. The Kier molecular flexibility index (Phi) is 8.40. The number of benzene rings is 1. The van der Waals surface area contributed by atoms with E-state index in [9.17, 15) is 13.2 Å². The van der Waals surface area contributed by atoms with Gasteiger partial charge in [-0.05, 0) is 36.7 Å². The van der Waals surface area contributed by atoms with E-state index < -0.39 is 30.0 Å². The van der Waals surface area contributed by atoms with Crippen LogP contribution in [-0.2, 0) is 21.5 Å². The van der Waals surface area contributed by atoms with Crippen LogP contribution in [0, 0.1) is 6.92 Å². The minimum absolute atomic E-state index is 0.0124. The summed E-state index contributed by atoms with van der Waals surface area (Å²) in [6.07, 6.45) is 1.33. The van der Waals surface area contributed by atoms with Crippen molar-refractivity contribution in [3.8, 4) is 0 Å². The van der Waals surface area contributed by atoms with Gasteiger partial charge < -0.3 is 16.2 Å². The van der Waals surface area contributed by atoms with Crippen LogP contribution in [0.15, 0.2) is 59.6 Å². The highest BCUT2D eigenvalue weighted by Crippen LogP contribution is 2.34. The number of aromatic nitrogens is 4. The van der Waals surface area contributed by atoms with Crippen LogP contribution in [0.4, 0.5) is 5.82 Å². The van der Waals surface area contributed by atoms with Gasteiger partial charge in [-0.1, -0.05) is 50.0 Å². The quantitative estimate of drug-likeness (QED) is 0.201. The Balaban J connectivity index is 1.84. The smallest absolute Gasteiger partial charge is 0.269 e. The molecule has 0 aliphatic heterocycles. The van der Waals surface area contributed by atoms with Crippen molar-refractivity contribution in [2.75, 3.05) is 19.4 Å². The van der Waals surface area contributed by atoms with E-state index >= 15 is 0 Å². The topological polar surface area (TPSA) is 159 Å². The number of nitrogen functional groups attached to an aromatic ring is 1. The zero-order chi connectivity index (χ0) is 29.2. The van der Waals surface area contributed by atoms with Crippen molar-refractivity contribution < 1.29 is 17.9 Å². The first kappa shape index (κ1) is 29.3. The highest BCUT2D eigenvalue weighted by Gasteiger charge is 2.33. The molecule has 0 spiro atoms. The third kappa shape index (κ3) is 6.22. The summed E-state index contributed by atoms with van der Waals surface area (Å²) in [6.45, 7) is 9.15. The molecule has 1 aromatic carbocycles. The van der Waals surface area contributed by atoms with Gasteiger partial charge in [-0.2, -0.15) is 9.40 Å². The van der Waals surface area contributed by atoms with Crippen LogP contribution in [-0.4, -0.2) is 60.1 Å². The van der Waals surface area contributed by atoms with E-state index in [4.69, 9.17) is 16.2 Å². The number of carbonyl (C=O) groups is 1. The van der Waals surface area contributed by atoms with Crippen molar-refractivity contribution in [3.63, 3.8) is 0 Å². The van der Waals surface area contributed by atoms with E-state index in [0.29, 0.717) is 34.5 Å². The van der Waals surface area contributed by atoms with Crippen LogP contribution in [0.1, 0.15) is 33.5 Å². The maximum Gasteiger partial charge on any atom is 0.269 e. The molecule has 3 heterocycles. The van der Waals surface area contributed by atoms with Gasteiger partial charge in [-0.25, -0.2) is 18.1 Å². The number of ether oxygens (including phenoxy) is 1. The lowest BCUT2D eigenvalue weighted by Crippen LogP contribution is -2.33. The van der Waals surface area contributed by atoms with E-state index in [1.807, 2.05) is 30.3 Å². The Morgan fingerprint density at radius 1 is 1.15 bits per heavy atom. The Labute approximate surface area is 235 Å². The first-order valence-corrected chi connectivity index (χ1v) is 17.9. The zero-order valence-corrected chi connectivity index (χ0v) is 25.1. The third-order valence-electron chi connectivity index (χ3n) is 6.55. The molecule has 4 aromatic rings. The van der Waals surface area contributed by atoms with Gasteiger partial charge in [0.2, 0.25) is 10.0 Å². The molecule has 0 bridgehead atoms. The van der Waals surface area contributed by atoms with Gasteiger partial charge in [0.25, 0.3) is 5.91 Å². The highest BCUT2D eigenvalue weighted by atomic mass is 32.2. The Morgan fingerprint density at radius 2 is 1.85 bits per heavy atom. The van der Waals surface area contributed by atoms with Crippen LogP contribution in [0.25, 0.3) is 10.9 Å². The minimum Gasteiger partial charge on any atom is -0.383 e. The number of sulfonamides is 1. The summed E-state index contributed by atoms with van der Waals surface area (Å²) in [5.41, 5.74) is 14.2. The van der Waals surface area contributed by atoms with Crippen molar-refractivity contribution in [1.82, 2.24) is 24.1 Å². The molecule has 212 valence electrons. The van der Waals surface area contributed by atoms with E-state index in [-0.39, 0.29) is 23.1 Å². The summed E-state index contributed by atoms with van der Waals surface area (Å²) in [7, 11) is -3.83. The first-order valence-electron chi connectivity index (χ1n) is 12.8. The number of rotatable bonds is 11. The van der Waals surface area contributed by atoms with Gasteiger partial charge in [0.1, 0.15) is 17.4 Å². The van der Waals surface area contributed by atoms with Crippen LogP contribution in [0.3, 0.4) is 0 Å². The Morgan fingerprint density at radius 3 is 2.45 bits per heavy atom. The monoisotopic (exact) mass is 581 g/mol. The summed E-state index contributed by atoms with van der Waals surface area (Å²) < 4.78 is 36.1. The number of hydrogen-bond donors (Lipinski definition) is 2. The van der Waals surface area contributed by atoms with Gasteiger partial charge in [0.15, 0.2) is 5.69 Å². The number of pyridine rings is 2. The molecule has 4 N–H and O–H groups in total. The summed E-state index contributed by atoms with van der Waals surface area (Å²) in [6, 6.07) is 14.1. The molecule has 11 nitrogen and oxygen atoms in total. The fraction of sp³-hybridized carbons (Fsp3) is 0.333. The van der Waals surface area contributed by atoms with Crippen molar-refractivity contribution in [2.45, 2.75) is 50.3 Å². The standard InChI is InChI=1S/C27H35N7O4SSi/c1-18-11-12-20(16-30-18)39(36,37)33(2)25(19-9-7-6-8-10-19)21-15-22-23(26(28)31-21)24(27(29)35)32-34(22)17-38-13-14-40(3,4)5/h6-12,15-16,25H,13-14,17H2,1-5H3,(H2,28,31)(H2,29,35). The summed E-state index contributed by atoms with van der Waals surface area (Å²) in [5.74, 6) is -0.739. The molecule has 13 heteroatoms. The molecule has 1 amide bonds. The number of fused-ring (bicyclic) bond motifs is 1. The molecule has 0 saturated heterocycles. The van der Waals surface area contributed by atoms with Crippen molar-refractivity contribution in [1.29, 1.82) is 0 Å². The SMILES string of the molecule is Cc1ccc(S(=O)(=O)N(C)C(c2ccccc2)c2cc3c(c(N)n2)c(C(N)=O)nn3COCC[Si](C)(C)C)cn1. The molecule has 1 atom stereocenters. The zero-order valence-electron chi connectivity index (χ0n) is 23.3. The minimum atomic E-state index is -3.99. The normalized spacial score (nSPS) is 13.2. The molecule has 0 fully saturated rings. The molecular formula is C27H35N7O4SSi. The Bertz CT molecular complexity index is 1620. The predicted octanol–water partition coefficient (Wildman–Crippen LogP) is 3.54. The molecule has 4 rings (SSSR count). The van der Waals surface area contributed by atoms with Crippen molar-refractivity contribution in [3.05, 3.63) is 77.4 Å². The summed E-state index contributed by atoms with van der Waals surface area (Å²) >= 11 is 0. The maximum atomic E-state index is 13.7. The van der Waals surface area contributed by atoms with E-state index in [0.717, 1.165) is 6.04 Å². The number of carbonyl (C=O) groups excluding carboxylic acids is 1. The Hall–Kier alpha value is -3.65. The lowest BCUT2D eigenvalue weighted by Gasteiger charge is -2.28. The van der Waals surface area contributed by atoms with E-state index in [1.165, 1.54) is 28.3 Å². The van der Waals surface area contributed by atoms with Crippen molar-refractivity contribution in [2.24, 2.45) is 5.73 Å². The van der Waals surface area contributed by atoms with Gasteiger partial charge in [-0.15, -0.1) is 0 Å². The summed E-state index contributed by atoms with van der Waals surface area (Å²) in [4.78, 5) is 21.0. The van der Waals surface area contributed by atoms with Gasteiger partial charge in [0, 0.05) is 33.6 Å². The van der Waals surface area contributed by atoms with E-state index in [2.05, 4.69) is 34.7 Å². The van der Waals surface area contributed by atoms with Gasteiger partial charge in [0.05, 0.1) is 22.6 Å². The molecule has 40 heavy (non-hydrogen) atoms. The molecule has 0 radical (unpaired) electrons. The van der Waals surface area contributed by atoms with Crippen LogP contribution >= 0.6 is 0 Å². The highest BCUT2D eigenvalue weighted by molar-refractivity contribution is 7.89. The number of primary amides is 1. The number of nitrogens with two attached hydrogens (primary N) is 2. The second-order valence-corrected chi connectivity index (χ2v) is 18.5. The van der Waals surface area contributed by atoms with Crippen LogP contribution < -0.4 is 11.5 Å². The molecule has 0 aliphatic rings. The van der Waals surface area contributed by atoms with Gasteiger partial charge >= 0.3 is 0 Å². The largest absolute Gasteiger partial charge is 0.383 e. The number of aryl methyl sites for hydroxylation is 1. The predicted molar refractivity (Wildman–Crippen MR) is 157 cm³/mol. The van der Waals surface area contributed by atoms with Crippen LogP contribution in [0.2, 0.25) is 25.7 Å². The summed E-state index contributed by atoms with van der Waals surface area (Å²) in [5, 5.41) is 4.67. The maximum absolute atomic E-state index is 13.7. The molecule has 3 aromatic heterocycles. The lowest BCUT2D eigenvalue weighted by molar-refractivity contribution is 0.0808. The van der Waals surface area contributed by atoms with Gasteiger partial charge in [-0.3, -0.25) is 9.78 Å². The molecular weight excluding hydrogens is 546 g/mol. The number of hydrogen-bond acceptors (Lipinski definition) is 8.